The molecule has 0 fully saturated rings. The monoisotopic (exact) mass is 236 g/mol. The molecule has 0 spiro atoms. The fourth-order valence-electron chi connectivity index (χ4n) is 3.08. The summed E-state index contributed by atoms with van der Waals surface area (Å²) in [5.74, 6) is 2.18. The molecule has 1 rings (SSSR count). The van der Waals surface area contributed by atoms with E-state index in [1.807, 2.05) is 0 Å². The fraction of sp³-hybridized carbons (Fsp3) is 0.692. The van der Waals surface area contributed by atoms with Crippen molar-refractivity contribution < 1.29 is 4.43 Å². The third-order valence-corrected chi connectivity index (χ3v) is 9.78. The van der Waals surface area contributed by atoms with Crippen LogP contribution < -0.4 is 0 Å². The Morgan fingerprint density at radius 3 is 1.81 bits per heavy atom. The molecular formula is C13H25BOSi. The molecule has 0 aromatic carbocycles. The quantitative estimate of drug-likeness (QED) is 0.656. The van der Waals surface area contributed by atoms with Gasteiger partial charge in [-0.2, -0.15) is 0 Å². The minimum absolute atomic E-state index is 0.661. The molecule has 1 nitrogen and oxygen atoms in total. The van der Waals surface area contributed by atoms with E-state index in [-0.39, 0.29) is 0 Å². The van der Waals surface area contributed by atoms with Crippen molar-refractivity contribution in [1.82, 2.24) is 0 Å². The summed E-state index contributed by atoms with van der Waals surface area (Å²) >= 11 is 0. The van der Waals surface area contributed by atoms with Crippen molar-refractivity contribution in [2.24, 2.45) is 0 Å². The maximum absolute atomic E-state index is 6.52. The van der Waals surface area contributed by atoms with Crippen molar-refractivity contribution >= 4 is 15.6 Å². The lowest BCUT2D eigenvalue weighted by Gasteiger charge is -2.42. The molecule has 0 bridgehead atoms. The lowest BCUT2D eigenvalue weighted by atomic mass is 9.80. The molecule has 0 unspecified atom stereocenters. The summed E-state index contributed by atoms with van der Waals surface area (Å²) in [6, 6.07) is 0. The molecule has 90 valence electrons. The van der Waals surface area contributed by atoms with E-state index in [2.05, 4.69) is 59.7 Å². The molecule has 1 aliphatic heterocycles. The summed E-state index contributed by atoms with van der Waals surface area (Å²) in [7, 11) is -0.714. The van der Waals surface area contributed by atoms with Gasteiger partial charge in [0.25, 0.3) is 8.32 Å². The smallest absolute Gasteiger partial charge is 0.257 e. The molecule has 16 heavy (non-hydrogen) atoms. The van der Waals surface area contributed by atoms with E-state index in [0.29, 0.717) is 16.6 Å². The first kappa shape index (κ1) is 13.6. The topological polar surface area (TPSA) is 9.23 Å². The van der Waals surface area contributed by atoms with Gasteiger partial charge in [0.2, 0.25) is 7.28 Å². The molecule has 0 aliphatic carbocycles. The molecule has 0 atom stereocenters. The molecule has 0 radical (unpaired) electrons. The van der Waals surface area contributed by atoms with Crippen molar-refractivity contribution in [3.8, 4) is 0 Å². The van der Waals surface area contributed by atoms with Gasteiger partial charge < -0.3 is 4.43 Å². The van der Waals surface area contributed by atoms with Crippen LogP contribution >= 0.6 is 0 Å². The summed E-state index contributed by atoms with van der Waals surface area (Å²) in [5.41, 5.74) is 3.17. The number of hydrogen-bond acceptors (Lipinski definition) is 1. The van der Waals surface area contributed by atoms with Crippen molar-refractivity contribution in [2.75, 3.05) is 0 Å². The molecule has 0 amide bonds. The van der Waals surface area contributed by atoms with E-state index < -0.39 is 8.32 Å². The number of allylic oxidation sites excluding steroid dienone is 2. The largest absolute Gasteiger partial charge is 0.554 e. The second-order valence-electron chi connectivity index (χ2n) is 5.68. The Labute approximate surface area is 102 Å². The van der Waals surface area contributed by atoms with Crippen LogP contribution in [-0.2, 0) is 4.43 Å². The van der Waals surface area contributed by atoms with E-state index in [4.69, 9.17) is 4.43 Å². The van der Waals surface area contributed by atoms with Crippen LogP contribution in [0.1, 0.15) is 41.5 Å². The lowest BCUT2D eigenvalue weighted by Crippen LogP contribution is -2.47. The molecule has 1 aliphatic rings. The van der Waals surface area contributed by atoms with E-state index in [1.54, 1.807) is 0 Å². The Bertz CT molecular complexity index is 271. The minimum Gasteiger partial charge on any atom is -0.554 e. The first-order valence-electron chi connectivity index (χ1n) is 6.46. The Morgan fingerprint density at radius 1 is 1.00 bits per heavy atom. The highest BCUT2D eigenvalue weighted by atomic mass is 28.4. The lowest BCUT2D eigenvalue weighted by molar-refractivity contribution is 0.400. The number of hydrogen-bond donors (Lipinski definition) is 0. The molecule has 0 aromatic heterocycles. The van der Waals surface area contributed by atoms with Gasteiger partial charge in [-0.3, -0.25) is 0 Å². The molecule has 1 heterocycles. The van der Waals surface area contributed by atoms with Crippen LogP contribution in [0.15, 0.2) is 23.8 Å². The van der Waals surface area contributed by atoms with E-state index >= 15 is 0 Å². The molecule has 0 aromatic rings. The van der Waals surface area contributed by atoms with Crippen LogP contribution in [0.25, 0.3) is 0 Å². The Balaban J connectivity index is 2.93. The third kappa shape index (κ3) is 2.45. The van der Waals surface area contributed by atoms with Gasteiger partial charge in [0.1, 0.15) is 0 Å². The first-order chi connectivity index (χ1) is 7.41. The summed E-state index contributed by atoms with van der Waals surface area (Å²) in [6.07, 6.45) is 4.24. The van der Waals surface area contributed by atoms with Gasteiger partial charge >= 0.3 is 0 Å². The first-order valence-corrected chi connectivity index (χ1v) is 8.60. The number of rotatable bonds is 5. The van der Waals surface area contributed by atoms with Crippen LogP contribution in [0.3, 0.4) is 0 Å². The van der Waals surface area contributed by atoms with Crippen LogP contribution in [0.2, 0.25) is 16.6 Å². The zero-order valence-electron chi connectivity index (χ0n) is 11.6. The summed E-state index contributed by atoms with van der Waals surface area (Å²) in [5, 5.41) is 0. The molecule has 0 saturated carbocycles. The van der Waals surface area contributed by atoms with Crippen LogP contribution in [0.4, 0.5) is 0 Å². The highest BCUT2D eigenvalue weighted by Gasteiger charge is 2.47. The van der Waals surface area contributed by atoms with Crippen molar-refractivity contribution in [2.45, 2.75) is 58.2 Å². The van der Waals surface area contributed by atoms with Gasteiger partial charge in [-0.25, -0.2) is 0 Å². The summed E-state index contributed by atoms with van der Waals surface area (Å²) in [4.78, 5) is 0. The third-order valence-electron chi connectivity index (χ3n) is 3.75. The zero-order valence-corrected chi connectivity index (χ0v) is 12.6. The second kappa shape index (κ2) is 5.26. The average molecular weight is 236 g/mol. The molecule has 0 saturated heterocycles. The van der Waals surface area contributed by atoms with E-state index in [0.717, 1.165) is 7.28 Å². The van der Waals surface area contributed by atoms with Crippen molar-refractivity contribution in [3.05, 3.63) is 23.8 Å². The highest BCUT2D eigenvalue weighted by Crippen LogP contribution is 2.43. The minimum atomic E-state index is -1.70. The Hall–Kier alpha value is -0.438. The second-order valence-corrected chi connectivity index (χ2v) is 11.1. The molecular weight excluding hydrogens is 211 g/mol. The maximum atomic E-state index is 6.52. The Kier molecular flexibility index (Phi) is 4.48. The normalized spacial score (nSPS) is 15.9. The maximum Gasteiger partial charge on any atom is 0.257 e. The summed E-state index contributed by atoms with van der Waals surface area (Å²) < 4.78 is 6.52. The predicted molar refractivity (Wildman–Crippen MR) is 76.5 cm³/mol. The standard InChI is InChI=1S/C13H25BOSi/c1-10(2)16(11(3)4,12(5)6)15-13-8-7-9-14-13/h7-12,14H,1-6H3. The SMILES string of the molecule is CC(C)[Si](OC1=CC=CB1)(C(C)C)C(C)C. The van der Waals surface area contributed by atoms with E-state index in [9.17, 15) is 0 Å². The van der Waals surface area contributed by atoms with Gasteiger partial charge in [0, 0.05) is 5.66 Å². The highest BCUT2D eigenvalue weighted by molar-refractivity contribution is 6.78. The predicted octanol–water partition coefficient (Wildman–Crippen LogP) is 3.98. The van der Waals surface area contributed by atoms with Gasteiger partial charge in [0.15, 0.2) is 0 Å². The molecule has 3 heteroatoms. The van der Waals surface area contributed by atoms with Gasteiger partial charge in [-0.15, -0.1) is 5.98 Å². The average Bonchev–Trinajstić information content (AvgIpc) is 2.64. The van der Waals surface area contributed by atoms with Gasteiger partial charge in [0.05, 0.1) is 0 Å². The van der Waals surface area contributed by atoms with Crippen LogP contribution in [-0.4, -0.2) is 15.6 Å². The van der Waals surface area contributed by atoms with Crippen LogP contribution in [0.5, 0.6) is 0 Å². The summed E-state index contributed by atoms with van der Waals surface area (Å²) in [6.45, 7) is 14.0. The van der Waals surface area contributed by atoms with Gasteiger partial charge in [-0.1, -0.05) is 47.6 Å². The van der Waals surface area contributed by atoms with Crippen molar-refractivity contribution in [3.63, 3.8) is 0 Å². The van der Waals surface area contributed by atoms with Crippen LogP contribution in [0, 0.1) is 0 Å². The zero-order chi connectivity index (χ0) is 12.3. The Morgan fingerprint density at radius 2 is 1.50 bits per heavy atom. The van der Waals surface area contributed by atoms with E-state index in [1.165, 1.54) is 5.66 Å². The molecule has 0 N–H and O–H groups in total. The fourth-order valence-corrected chi connectivity index (χ4v) is 8.40. The van der Waals surface area contributed by atoms with Gasteiger partial charge in [-0.05, 0) is 22.7 Å². The van der Waals surface area contributed by atoms with Crippen molar-refractivity contribution in [1.29, 1.82) is 0 Å².